The summed E-state index contributed by atoms with van der Waals surface area (Å²) in [6, 6.07) is 43.9. The second-order valence-corrected chi connectivity index (χ2v) is 16.9. The lowest BCUT2D eigenvalue weighted by atomic mass is 9.85. The van der Waals surface area contributed by atoms with Crippen LogP contribution in [-0.2, 0) is 0 Å². The maximum Gasteiger partial charge on any atom is 0.0380 e. The van der Waals surface area contributed by atoms with Crippen LogP contribution >= 0.6 is 35.3 Å². The quantitative estimate of drug-likeness (QED) is 0.145. The Balaban J connectivity index is 0.000000326. The smallest absolute Gasteiger partial charge is 0.0380 e. The van der Waals surface area contributed by atoms with Gasteiger partial charge in [-0.1, -0.05) is 198 Å². The Morgan fingerprint density at radius 3 is 1.39 bits per heavy atom. The summed E-state index contributed by atoms with van der Waals surface area (Å²) in [5.74, 6) is 0.331. The van der Waals surface area contributed by atoms with E-state index in [1.165, 1.54) is 82.1 Å². The zero-order chi connectivity index (χ0) is 45.5. The van der Waals surface area contributed by atoms with Crippen molar-refractivity contribution in [2.45, 2.75) is 114 Å². The molecule has 322 valence electrons. The maximum absolute atomic E-state index is 4.61. The van der Waals surface area contributed by atoms with E-state index in [2.05, 4.69) is 213 Å². The average molecular weight is 865 g/mol. The summed E-state index contributed by atoms with van der Waals surface area (Å²) in [6.45, 7) is 33.1. The summed E-state index contributed by atoms with van der Waals surface area (Å²) in [4.78, 5) is 3.72. The third-order valence-electron chi connectivity index (χ3n) is 9.91. The van der Waals surface area contributed by atoms with E-state index in [-0.39, 0.29) is 0 Å². The number of hydrogen-bond acceptors (Lipinski definition) is 3. The number of thiophene rings is 2. The Hall–Kier alpha value is -4.67. The minimum absolute atomic E-state index is 0.331. The first kappa shape index (κ1) is 52.5. The van der Waals surface area contributed by atoms with Gasteiger partial charge in [0.05, 0.1) is 0 Å². The van der Waals surface area contributed by atoms with Crippen molar-refractivity contribution in [1.29, 1.82) is 0 Å². The van der Waals surface area contributed by atoms with Crippen LogP contribution in [0.5, 0.6) is 0 Å². The number of thiol groups is 1. The molecule has 0 unspecified atom stereocenters. The van der Waals surface area contributed by atoms with E-state index in [0.717, 1.165) is 16.9 Å². The standard InChI is InChI=1S/C24H24S2.C20H20S.C8H10.3C2H6/c1-5-18-13-17(4)21(15-23(18)25)14-19(6-2)24-22(11-12-26-24)20-9-7-16(3)8-10-20;1-14-4-8-17(9-5-14)20(19-12-13-21-16(19)3)18-10-6-15(2)7-11-18;1-7-3-5-8(2)6-4-7;3*1-2/h5,7-15,25H,1,6H2,2-4H3;4-13,20H,1-3H3;3-6H,1-2H3;3*1-2H3/b19-14+;;;;;. The van der Waals surface area contributed by atoms with Crippen LogP contribution in [0.15, 0.2) is 144 Å². The number of aryl methyl sites for hydroxylation is 7. The van der Waals surface area contributed by atoms with Crippen molar-refractivity contribution >= 4 is 53.0 Å². The molecule has 2 heterocycles. The van der Waals surface area contributed by atoms with Crippen molar-refractivity contribution in [1.82, 2.24) is 0 Å². The molecule has 0 aliphatic heterocycles. The molecule has 7 aromatic rings. The van der Waals surface area contributed by atoms with Crippen LogP contribution in [-0.4, -0.2) is 0 Å². The fourth-order valence-corrected chi connectivity index (χ4v) is 8.53. The molecule has 0 aliphatic rings. The first-order valence-corrected chi connectivity index (χ1v) is 24.2. The van der Waals surface area contributed by atoms with Crippen LogP contribution in [0.3, 0.4) is 0 Å². The molecule has 0 atom stereocenters. The van der Waals surface area contributed by atoms with Crippen molar-refractivity contribution in [3.05, 3.63) is 210 Å². The second kappa shape index (κ2) is 28.0. The number of rotatable bonds is 8. The van der Waals surface area contributed by atoms with Crippen LogP contribution < -0.4 is 0 Å². The molecule has 0 aliphatic carbocycles. The van der Waals surface area contributed by atoms with Crippen molar-refractivity contribution in [3.8, 4) is 11.1 Å². The number of hydrogen-bond donors (Lipinski definition) is 1. The third-order valence-corrected chi connectivity index (χ3v) is 12.2. The monoisotopic (exact) mass is 864 g/mol. The third kappa shape index (κ3) is 15.9. The maximum atomic E-state index is 4.61. The van der Waals surface area contributed by atoms with Crippen molar-refractivity contribution in [2.75, 3.05) is 0 Å². The molecule has 7 rings (SSSR count). The summed E-state index contributed by atoms with van der Waals surface area (Å²) < 4.78 is 0. The van der Waals surface area contributed by atoms with Gasteiger partial charge in [0.15, 0.2) is 0 Å². The van der Waals surface area contributed by atoms with Gasteiger partial charge in [-0.25, -0.2) is 0 Å². The van der Waals surface area contributed by atoms with Crippen LogP contribution in [0.4, 0.5) is 0 Å². The molecule has 0 nitrogen and oxygen atoms in total. The Morgan fingerprint density at radius 2 is 0.984 bits per heavy atom. The highest BCUT2D eigenvalue weighted by Gasteiger charge is 2.19. The van der Waals surface area contributed by atoms with Gasteiger partial charge in [0.1, 0.15) is 0 Å². The Kier molecular flexibility index (Phi) is 24.1. The summed E-state index contributed by atoms with van der Waals surface area (Å²) in [5.41, 5.74) is 18.2. The topological polar surface area (TPSA) is 0 Å². The molecule has 61 heavy (non-hydrogen) atoms. The van der Waals surface area contributed by atoms with Crippen LogP contribution in [0.2, 0.25) is 0 Å². The summed E-state index contributed by atoms with van der Waals surface area (Å²) in [7, 11) is 0. The number of benzene rings is 5. The average Bonchev–Trinajstić information content (AvgIpc) is 3.95. The van der Waals surface area contributed by atoms with E-state index in [0.29, 0.717) is 5.92 Å². The van der Waals surface area contributed by atoms with Gasteiger partial charge in [-0.05, 0) is 134 Å². The molecule has 3 heteroatoms. The second-order valence-electron chi connectivity index (χ2n) is 14.4. The molecule has 0 bridgehead atoms. The van der Waals surface area contributed by atoms with Gasteiger partial charge < -0.3 is 0 Å². The fourth-order valence-electron chi connectivity index (χ4n) is 6.49. The van der Waals surface area contributed by atoms with Crippen LogP contribution in [0.25, 0.3) is 28.9 Å². The van der Waals surface area contributed by atoms with Gasteiger partial charge in [0, 0.05) is 20.6 Å². The fraction of sp³-hybridized carbons (Fsp3) is 0.276. The summed E-state index contributed by atoms with van der Waals surface area (Å²) in [5, 5.41) is 4.38. The Bertz CT molecular complexity index is 2250. The lowest BCUT2D eigenvalue weighted by Gasteiger charge is -2.19. The first-order chi connectivity index (χ1) is 29.5. The molecule has 0 radical (unpaired) electrons. The Morgan fingerprint density at radius 1 is 0.557 bits per heavy atom. The van der Waals surface area contributed by atoms with E-state index < -0.39 is 0 Å². The molecule has 0 amide bonds. The highest BCUT2D eigenvalue weighted by molar-refractivity contribution is 7.80. The van der Waals surface area contributed by atoms with Crippen LogP contribution in [0, 0.1) is 48.5 Å². The normalized spacial score (nSPS) is 10.3. The molecule has 0 saturated carbocycles. The summed E-state index contributed by atoms with van der Waals surface area (Å²) >= 11 is 8.25. The molecule has 0 N–H and O–H groups in total. The zero-order valence-electron chi connectivity index (χ0n) is 39.6. The minimum Gasteiger partial charge on any atom is -0.149 e. The molecule has 0 fully saturated rings. The van der Waals surface area contributed by atoms with E-state index in [1.54, 1.807) is 0 Å². The molecule has 5 aromatic carbocycles. The predicted molar refractivity (Wildman–Crippen MR) is 283 cm³/mol. The van der Waals surface area contributed by atoms with E-state index in [4.69, 9.17) is 0 Å². The SMILES string of the molecule is C=Cc1cc(C)c(/C=C(\CC)c2sccc2-c2ccc(C)cc2)cc1S.CC.CC.CC.Cc1ccc(C(c2ccc(C)cc2)c2ccsc2C)cc1.Cc1ccc(C)cc1. The largest absolute Gasteiger partial charge is 0.149 e. The van der Waals surface area contributed by atoms with Gasteiger partial charge in [0.2, 0.25) is 0 Å². The van der Waals surface area contributed by atoms with E-state index in [9.17, 15) is 0 Å². The molecule has 2 aromatic heterocycles. The van der Waals surface area contributed by atoms with Crippen molar-refractivity contribution < 1.29 is 0 Å². The zero-order valence-corrected chi connectivity index (χ0v) is 42.1. The molecule has 0 saturated heterocycles. The Labute approximate surface area is 385 Å². The van der Waals surface area contributed by atoms with Gasteiger partial charge >= 0.3 is 0 Å². The lowest BCUT2D eigenvalue weighted by molar-refractivity contribution is 0.971. The molecule has 0 spiro atoms. The van der Waals surface area contributed by atoms with Gasteiger partial charge in [0.25, 0.3) is 0 Å². The predicted octanol–water partition coefficient (Wildman–Crippen LogP) is 19.1. The van der Waals surface area contributed by atoms with Gasteiger partial charge in [-0.15, -0.1) is 35.3 Å². The molecular formula is C58H72S3. The van der Waals surface area contributed by atoms with Crippen molar-refractivity contribution in [2.24, 2.45) is 0 Å². The summed E-state index contributed by atoms with van der Waals surface area (Å²) in [6.07, 6.45) is 5.16. The lowest BCUT2D eigenvalue weighted by Crippen LogP contribution is -2.03. The van der Waals surface area contributed by atoms with Crippen molar-refractivity contribution in [3.63, 3.8) is 0 Å². The number of allylic oxidation sites excluding steroid dienone is 1. The highest BCUT2D eigenvalue weighted by atomic mass is 32.1. The van der Waals surface area contributed by atoms with Crippen LogP contribution in [0.1, 0.15) is 132 Å². The van der Waals surface area contributed by atoms with E-state index >= 15 is 0 Å². The van der Waals surface area contributed by atoms with Gasteiger partial charge in [-0.3, -0.25) is 0 Å². The first-order valence-electron chi connectivity index (χ1n) is 22.0. The minimum atomic E-state index is 0.331. The highest BCUT2D eigenvalue weighted by Crippen LogP contribution is 2.38. The molecular weight excluding hydrogens is 793 g/mol. The van der Waals surface area contributed by atoms with Gasteiger partial charge in [-0.2, -0.15) is 0 Å². The van der Waals surface area contributed by atoms with E-state index in [1.807, 2.05) is 70.3 Å².